The molecule has 0 spiro atoms. The summed E-state index contributed by atoms with van der Waals surface area (Å²) in [6.45, 7) is 2.91. The maximum atomic E-state index is 5.59. The molecule has 0 aromatic carbocycles. The molecule has 3 heteroatoms. The van der Waals surface area contributed by atoms with Crippen molar-refractivity contribution in [3.63, 3.8) is 0 Å². The maximum Gasteiger partial charge on any atom is 0.202 e. The fourth-order valence-electron chi connectivity index (χ4n) is 0.547. The van der Waals surface area contributed by atoms with Gasteiger partial charge >= 0.3 is 0 Å². The van der Waals surface area contributed by atoms with Crippen LogP contribution >= 0.6 is 11.6 Å². The van der Waals surface area contributed by atoms with Crippen molar-refractivity contribution in [3.05, 3.63) is 17.7 Å². The molecule has 0 saturated carbocycles. The molecule has 0 amide bonds. The van der Waals surface area contributed by atoms with Crippen LogP contribution in [-0.4, -0.2) is 9.55 Å². The summed E-state index contributed by atoms with van der Waals surface area (Å²) in [4.78, 5) is 3.82. The number of aryl methyl sites for hydroxylation is 1. The number of nitrogens with zero attached hydrogens (tertiary/aromatic N) is 2. The standard InChI is InChI=1S/C5H7ClN2/c1-2-8-4-3-7-5(8)6/h3-4H,2H2,1H3. The van der Waals surface area contributed by atoms with Crippen LogP contribution in [0, 0.1) is 0 Å². The Morgan fingerprint density at radius 2 is 2.62 bits per heavy atom. The molecule has 0 unspecified atom stereocenters. The molecule has 0 N–H and O–H groups in total. The van der Waals surface area contributed by atoms with Crippen LogP contribution < -0.4 is 0 Å². The molecular weight excluding hydrogens is 124 g/mol. The predicted molar refractivity (Wildman–Crippen MR) is 32.9 cm³/mol. The van der Waals surface area contributed by atoms with Gasteiger partial charge in [-0.15, -0.1) is 0 Å². The highest BCUT2D eigenvalue weighted by Gasteiger charge is 1.91. The van der Waals surface area contributed by atoms with E-state index in [0.29, 0.717) is 5.28 Å². The first-order valence-electron chi connectivity index (χ1n) is 2.51. The molecule has 0 radical (unpaired) electrons. The van der Waals surface area contributed by atoms with Crippen molar-refractivity contribution in [3.8, 4) is 0 Å². The van der Waals surface area contributed by atoms with Gasteiger partial charge in [0.2, 0.25) is 5.28 Å². The smallest absolute Gasteiger partial charge is 0.202 e. The molecule has 1 aromatic rings. The summed E-state index contributed by atoms with van der Waals surface area (Å²) in [6.07, 6.45) is 3.54. The molecule has 0 fully saturated rings. The van der Waals surface area contributed by atoms with Gasteiger partial charge in [-0.3, -0.25) is 0 Å². The van der Waals surface area contributed by atoms with Crippen LogP contribution in [0.15, 0.2) is 12.4 Å². The molecule has 0 aliphatic rings. The minimum absolute atomic E-state index is 0.563. The van der Waals surface area contributed by atoms with Gasteiger partial charge in [-0.2, -0.15) is 0 Å². The largest absolute Gasteiger partial charge is 0.322 e. The third-order valence-electron chi connectivity index (χ3n) is 1.01. The Hall–Kier alpha value is -0.500. The van der Waals surface area contributed by atoms with E-state index >= 15 is 0 Å². The topological polar surface area (TPSA) is 17.8 Å². The molecule has 0 atom stereocenters. The van der Waals surface area contributed by atoms with E-state index in [2.05, 4.69) is 4.98 Å². The van der Waals surface area contributed by atoms with Crippen LogP contribution in [-0.2, 0) is 6.54 Å². The van der Waals surface area contributed by atoms with E-state index in [1.54, 1.807) is 6.20 Å². The zero-order valence-corrected chi connectivity index (χ0v) is 5.39. The van der Waals surface area contributed by atoms with Crippen molar-refractivity contribution in [1.82, 2.24) is 9.55 Å². The van der Waals surface area contributed by atoms with E-state index in [1.807, 2.05) is 17.7 Å². The SMILES string of the molecule is CCn1ccnc1Cl. The second-order valence-corrected chi connectivity index (χ2v) is 1.82. The number of hydrogen-bond donors (Lipinski definition) is 0. The Morgan fingerprint density at radius 1 is 1.88 bits per heavy atom. The Bertz CT molecular complexity index is 171. The molecule has 0 aliphatic carbocycles. The summed E-state index contributed by atoms with van der Waals surface area (Å²) in [6, 6.07) is 0. The van der Waals surface area contributed by atoms with Crippen molar-refractivity contribution < 1.29 is 0 Å². The van der Waals surface area contributed by atoms with E-state index in [9.17, 15) is 0 Å². The normalized spacial score (nSPS) is 9.75. The molecule has 0 saturated heterocycles. The summed E-state index contributed by atoms with van der Waals surface area (Å²) >= 11 is 5.59. The van der Waals surface area contributed by atoms with Crippen molar-refractivity contribution in [2.75, 3.05) is 0 Å². The second kappa shape index (κ2) is 2.18. The highest BCUT2D eigenvalue weighted by molar-refractivity contribution is 6.28. The quantitative estimate of drug-likeness (QED) is 0.564. The maximum absolute atomic E-state index is 5.59. The van der Waals surface area contributed by atoms with Crippen LogP contribution in [0.5, 0.6) is 0 Å². The lowest BCUT2D eigenvalue weighted by atomic mass is 10.7. The van der Waals surface area contributed by atoms with Crippen molar-refractivity contribution in [2.24, 2.45) is 0 Å². The Morgan fingerprint density at radius 3 is 2.88 bits per heavy atom. The van der Waals surface area contributed by atoms with Crippen LogP contribution in [0.25, 0.3) is 0 Å². The molecule has 44 valence electrons. The van der Waals surface area contributed by atoms with Crippen molar-refractivity contribution in [2.45, 2.75) is 13.5 Å². The highest BCUT2D eigenvalue weighted by Crippen LogP contribution is 2.02. The Kier molecular flexibility index (Phi) is 1.53. The second-order valence-electron chi connectivity index (χ2n) is 1.48. The minimum Gasteiger partial charge on any atom is -0.322 e. The zero-order chi connectivity index (χ0) is 5.98. The van der Waals surface area contributed by atoms with Gasteiger partial charge in [0.15, 0.2) is 0 Å². The van der Waals surface area contributed by atoms with Crippen LogP contribution in [0.3, 0.4) is 0 Å². The van der Waals surface area contributed by atoms with Gasteiger partial charge in [-0.1, -0.05) is 0 Å². The Labute approximate surface area is 53.1 Å². The van der Waals surface area contributed by atoms with Crippen LogP contribution in [0.1, 0.15) is 6.92 Å². The van der Waals surface area contributed by atoms with E-state index in [-0.39, 0.29) is 0 Å². The van der Waals surface area contributed by atoms with Gasteiger partial charge in [-0.25, -0.2) is 4.98 Å². The molecule has 8 heavy (non-hydrogen) atoms. The summed E-state index contributed by atoms with van der Waals surface area (Å²) in [5, 5.41) is 0.563. The summed E-state index contributed by atoms with van der Waals surface area (Å²) in [5.41, 5.74) is 0. The van der Waals surface area contributed by atoms with Gasteiger partial charge < -0.3 is 4.57 Å². The number of imidazole rings is 1. The molecular formula is C5H7ClN2. The van der Waals surface area contributed by atoms with Crippen molar-refractivity contribution >= 4 is 11.6 Å². The van der Waals surface area contributed by atoms with E-state index in [4.69, 9.17) is 11.6 Å². The summed E-state index contributed by atoms with van der Waals surface area (Å²) in [7, 11) is 0. The van der Waals surface area contributed by atoms with Crippen LogP contribution in [0.2, 0.25) is 5.28 Å². The lowest BCUT2D eigenvalue weighted by molar-refractivity contribution is 0.763. The lowest BCUT2D eigenvalue weighted by Crippen LogP contribution is -1.89. The van der Waals surface area contributed by atoms with Gasteiger partial charge in [-0.05, 0) is 18.5 Å². The average molecular weight is 131 g/mol. The number of hydrogen-bond acceptors (Lipinski definition) is 1. The van der Waals surface area contributed by atoms with Gasteiger partial charge in [0.1, 0.15) is 0 Å². The first-order valence-corrected chi connectivity index (χ1v) is 2.89. The number of aromatic nitrogens is 2. The van der Waals surface area contributed by atoms with Crippen molar-refractivity contribution in [1.29, 1.82) is 0 Å². The van der Waals surface area contributed by atoms with Gasteiger partial charge in [0, 0.05) is 18.9 Å². The molecule has 0 aliphatic heterocycles. The average Bonchev–Trinajstić information content (AvgIpc) is 2.14. The van der Waals surface area contributed by atoms with E-state index < -0.39 is 0 Å². The fraction of sp³-hybridized carbons (Fsp3) is 0.400. The fourth-order valence-corrected chi connectivity index (χ4v) is 0.779. The zero-order valence-electron chi connectivity index (χ0n) is 4.63. The third-order valence-corrected chi connectivity index (χ3v) is 1.32. The monoisotopic (exact) mass is 130 g/mol. The van der Waals surface area contributed by atoms with Gasteiger partial charge in [0.05, 0.1) is 0 Å². The summed E-state index contributed by atoms with van der Waals surface area (Å²) < 4.78 is 1.86. The first-order chi connectivity index (χ1) is 3.84. The number of rotatable bonds is 1. The lowest BCUT2D eigenvalue weighted by Gasteiger charge is -1.93. The highest BCUT2D eigenvalue weighted by atomic mass is 35.5. The molecule has 1 rings (SSSR count). The van der Waals surface area contributed by atoms with Gasteiger partial charge in [0.25, 0.3) is 0 Å². The molecule has 2 nitrogen and oxygen atoms in total. The summed E-state index contributed by atoms with van der Waals surface area (Å²) in [5.74, 6) is 0. The number of halogens is 1. The molecule has 1 aromatic heterocycles. The first kappa shape index (κ1) is 5.63. The third kappa shape index (κ3) is 0.842. The van der Waals surface area contributed by atoms with E-state index in [1.165, 1.54) is 0 Å². The minimum atomic E-state index is 0.563. The molecule has 1 heterocycles. The predicted octanol–water partition coefficient (Wildman–Crippen LogP) is 1.56. The van der Waals surface area contributed by atoms with E-state index in [0.717, 1.165) is 6.54 Å². The molecule has 0 bridgehead atoms. The van der Waals surface area contributed by atoms with Crippen LogP contribution in [0.4, 0.5) is 0 Å². The Balaban J connectivity index is 2.92.